The first kappa shape index (κ1) is 20.8. The van der Waals surface area contributed by atoms with Gasteiger partial charge < -0.3 is 10.4 Å². The van der Waals surface area contributed by atoms with E-state index in [2.05, 4.69) is 10.6 Å². The Bertz CT molecular complexity index is 1060. The van der Waals surface area contributed by atoms with Crippen molar-refractivity contribution in [1.29, 1.82) is 0 Å². The SMILES string of the molecule is O=C(O)c1cc(Cl)c(NC(=S)NC(=O)c2ccc(-c3ccccc3)cc2)c(Cl)c1. The van der Waals surface area contributed by atoms with Crippen LogP contribution in [0.25, 0.3) is 11.1 Å². The molecule has 0 heterocycles. The normalized spacial score (nSPS) is 10.3. The molecular formula is C21H14Cl2N2O3S. The van der Waals surface area contributed by atoms with Gasteiger partial charge in [-0.25, -0.2) is 4.79 Å². The number of nitrogens with one attached hydrogen (secondary N) is 2. The lowest BCUT2D eigenvalue weighted by Gasteiger charge is -2.13. The molecule has 0 atom stereocenters. The average molecular weight is 445 g/mol. The summed E-state index contributed by atoms with van der Waals surface area (Å²) in [5.74, 6) is -1.56. The summed E-state index contributed by atoms with van der Waals surface area (Å²) in [6, 6.07) is 19.4. The highest BCUT2D eigenvalue weighted by Crippen LogP contribution is 2.32. The number of halogens is 2. The Labute approximate surface area is 182 Å². The molecule has 146 valence electrons. The molecule has 3 aromatic carbocycles. The van der Waals surface area contributed by atoms with Crippen LogP contribution < -0.4 is 10.6 Å². The van der Waals surface area contributed by atoms with Crippen LogP contribution >= 0.6 is 35.4 Å². The first-order chi connectivity index (χ1) is 13.8. The van der Waals surface area contributed by atoms with E-state index < -0.39 is 11.9 Å². The number of carboxylic acids is 1. The van der Waals surface area contributed by atoms with Crippen molar-refractivity contribution in [2.24, 2.45) is 0 Å². The van der Waals surface area contributed by atoms with Crippen LogP contribution in [-0.2, 0) is 0 Å². The van der Waals surface area contributed by atoms with Gasteiger partial charge in [0.2, 0.25) is 0 Å². The summed E-state index contributed by atoms with van der Waals surface area (Å²) in [7, 11) is 0. The molecule has 0 spiro atoms. The number of carbonyl (C=O) groups is 2. The first-order valence-electron chi connectivity index (χ1n) is 8.35. The van der Waals surface area contributed by atoms with Gasteiger partial charge in [-0.1, -0.05) is 65.7 Å². The number of carboxylic acid groups (broad SMARTS) is 1. The molecule has 0 unspecified atom stereocenters. The molecule has 3 rings (SSSR count). The number of aromatic carboxylic acids is 1. The summed E-state index contributed by atoms with van der Waals surface area (Å²) in [6.07, 6.45) is 0. The molecule has 0 bridgehead atoms. The molecule has 0 radical (unpaired) electrons. The van der Waals surface area contributed by atoms with E-state index in [9.17, 15) is 9.59 Å². The quantitative estimate of drug-likeness (QED) is 0.464. The van der Waals surface area contributed by atoms with Crippen LogP contribution in [0.2, 0.25) is 10.0 Å². The molecule has 8 heteroatoms. The van der Waals surface area contributed by atoms with Crippen molar-refractivity contribution in [2.45, 2.75) is 0 Å². The fraction of sp³-hybridized carbons (Fsp3) is 0. The molecule has 0 aromatic heterocycles. The van der Waals surface area contributed by atoms with Gasteiger partial charge in [-0.15, -0.1) is 0 Å². The Morgan fingerprint density at radius 2 is 1.38 bits per heavy atom. The highest BCUT2D eigenvalue weighted by Gasteiger charge is 2.15. The Kier molecular flexibility index (Phi) is 6.49. The van der Waals surface area contributed by atoms with Crippen LogP contribution in [0.4, 0.5) is 5.69 Å². The number of amides is 1. The minimum Gasteiger partial charge on any atom is -0.478 e. The molecule has 3 aromatic rings. The van der Waals surface area contributed by atoms with E-state index in [0.29, 0.717) is 5.56 Å². The Morgan fingerprint density at radius 1 is 0.828 bits per heavy atom. The van der Waals surface area contributed by atoms with Gasteiger partial charge in [0.15, 0.2) is 5.11 Å². The molecular weight excluding hydrogens is 431 g/mol. The number of anilines is 1. The van der Waals surface area contributed by atoms with Crippen LogP contribution in [0.5, 0.6) is 0 Å². The summed E-state index contributed by atoms with van der Waals surface area (Å²) >= 11 is 17.3. The molecule has 0 aliphatic carbocycles. The Balaban J connectivity index is 1.68. The number of thiocarbonyl (C=S) groups is 1. The maximum atomic E-state index is 12.4. The number of benzene rings is 3. The predicted molar refractivity (Wildman–Crippen MR) is 119 cm³/mol. The van der Waals surface area contributed by atoms with E-state index in [0.717, 1.165) is 11.1 Å². The second-order valence-corrected chi connectivity index (χ2v) is 7.19. The van der Waals surface area contributed by atoms with E-state index in [4.69, 9.17) is 40.5 Å². The molecule has 0 saturated heterocycles. The lowest BCUT2D eigenvalue weighted by molar-refractivity contribution is 0.0696. The smallest absolute Gasteiger partial charge is 0.335 e. The van der Waals surface area contributed by atoms with Gasteiger partial charge in [0.25, 0.3) is 5.91 Å². The monoisotopic (exact) mass is 444 g/mol. The zero-order valence-electron chi connectivity index (χ0n) is 14.8. The molecule has 1 amide bonds. The summed E-state index contributed by atoms with van der Waals surface area (Å²) in [5, 5.41) is 14.4. The predicted octanol–water partition coefficient (Wildman–Crippen LogP) is 5.49. The van der Waals surface area contributed by atoms with Crippen molar-refractivity contribution in [2.75, 3.05) is 5.32 Å². The molecule has 29 heavy (non-hydrogen) atoms. The van der Waals surface area contributed by atoms with Crippen molar-refractivity contribution in [1.82, 2.24) is 5.32 Å². The van der Waals surface area contributed by atoms with Crippen molar-refractivity contribution < 1.29 is 14.7 Å². The standard InChI is InChI=1S/C21H14Cl2N2O3S/c22-16-10-15(20(27)28)11-17(23)18(16)24-21(29)25-19(26)14-8-6-13(7-9-14)12-4-2-1-3-5-12/h1-11H,(H,27,28)(H2,24,25,26,29). The van der Waals surface area contributed by atoms with Crippen LogP contribution in [0.15, 0.2) is 66.7 Å². The third-order valence-electron chi connectivity index (χ3n) is 4.01. The number of hydrogen-bond donors (Lipinski definition) is 3. The zero-order chi connectivity index (χ0) is 21.0. The number of hydrogen-bond acceptors (Lipinski definition) is 3. The van der Waals surface area contributed by atoms with Gasteiger partial charge in [-0.3, -0.25) is 10.1 Å². The molecule has 0 saturated carbocycles. The van der Waals surface area contributed by atoms with Gasteiger partial charge in [-0.2, -0.15) is 0 Å². The molecule has 0 aliphatic heterocycles. The fourth-order valence-corrected chi connectivity index (χ4v) is 3.36. The van der Waals surface area contributed by atoms with Gasteiger partial charge in [0.05, 0.1) is 21.3 Å². The lowest BCUT2D eigenvalue weighted by Crippen LogP contribution is -2.34. The van der Waals surface area contributed by atoms with Crippen LogP contribution in [-0.4, -0.2) is 22.1 Å². The fourth-order valence-electron chi connectivity index (χ4n) is 2.58. The van der Waals surface area contributed by atoms with Crippen LogP contribution in [0, 0.1) is 0 Å². The third-order valence-corrected chi connectivity index (χ3v) is 4.81. The van der Waals surface area contributed by atoms with Crippen molar-refractivity contribution in [3.63, 3.8) is 0 Å². The van der Waals surface area contributed by atoms with E-state index in [1.807, 2.05) is 42.5 Å². The number of carbonyl (C=O) groups excluding carboxylic acids is 1. The lowest BCUT2D eigenvalue weighted by atomic mass is 10.0. The topological polar surface area (TPSA) is 78.4 Å². The number of rotatable bonds is 4. The van der Waals surface area contributed by atoms with Crippen molar-refractivity contribution in [3.8, 4) is 11.1 Å². The summed E-state index contributed by atoms with van der Waals surface area (Å²) in [4.78, 5) is 23.5. The van der Waals surface area contributed by atoms with E-state index >= 15 is 0 Å². The van der Waals surface area contributed by atoms with Gasteiger partial charge in [0, 0.05) is 5.56 Å². The van der Waals surface area contributed by atoms with Crippen molar-refractivity contribution in [3.05, 3.63) is 87.9 Å². The summed E-state index contributed by atoms with van der Waals surface area (Å²) < 4.78 is 0. The van der Waals surface area contributed by atoms with Gasteiger partial charge >= 0.3 is 5.97 Å². The first-order valence-corrected chi connectivity index (χ1v) is 9.51. The Morgan fingerprint density at radius 3 is 1.93 bits per heavy atom. The summed E-state index contributed by atoms with van der Waals surface area (Å²) in [6.45, 7) is 0. The molecule has 0 fully saturated rings. The van der Waals surface area contributed by atoms with Crippen molar-refractivity contribution >= 4 is 58.1 Å². The van der Waals surface area contributed by atoms with E-state index in [1.54, 1.807) is 12.1 Å². The van der Waals surface area contributed by atoms with E-state index in [-0.39, 0.29) is 26.4 Å². The van der Waals surface area contributed by atoms with Crippen LogP contribution in [0.3, 0.4) is 0 Å². The molecule has 5 nitrogen and oxygen atoms in total. The minimum absolute atomic E-state index is 0.0194. The van der Waals surface area contributed by atoms with Crippen LogP contribution in [0.1, 0.15) is 20.7 Å². The molecule has 3 N–H and O–H groups in total. The van der Waals surface area contributed by atoms with E-state index in [1.165, 1.54) is 12.1 Å². The molecule has 0 aliphatic rings. The second kappa shape index (κ2) is 9.05. The minimum atomic E-state index is -1.16. The summed E-state index contributed by atoms with van der Waals surface area (Å²) in [5.41, 5.74) is 2.61. The maximum absolute atomic E-state index is 12.4. The highest BCUT2D eigenvalue weighted by molar-refractivity contribution is 7.80. The van der Waals surface area contributed by atoms with Gasteiger partial charge in [-0.05, 0) is 47.6 Å². The van der Waals surface area contributed by atoms with Gasteiger partial charge in [0.1, 0.15) is 0 Å². The zero-order valence-corrected chi connectivity index (χ0v) is 17.1. The Hall–Kier alpha value is -2.93. The highest BCUT2D eigenvalue weighted by atomic mass is 35.5. The average Bonchev–Trinajstić information content (AvgIpc) is 2.71. The largest absolute Gasteiger partial charge is 0.478 e. The third kappa shape index (κ3) is 5.12. The maximum Gasteiger partial charge on any atom is 0.335 e. The second-order valence-electron chi connectivity index (χ2n) is 5.97.